The molecule has 2 nitrogen and oxygen atoms in total. The predicted octanol–water partition coefficient (Wildman–Crippen LogP) is 2.64. The van der Waals surface area contributed by atoms with Crippen LogP contribution in [-0.2, 0) is 6.42 Å². The second kappa shape index (κ2) is 3.86. The summed E-state index contributed by atoms with van der Waals surface area (Å²) in [5.41, 5.74) is 0. The molecular weight excluding hydrogens is 304 g/mol. The van der Waals surface area contributed by atoms with Gasteiger partial charge in [0.25, 0.3) is 0 Å². The van der Waals surface area contributed by atoms with Gasteiger partial charge < -0.3 is 0 Å². The number of halogens is 4. The van der Waals surface area contributed by atoms with Crippen molar-refractivity contribution in [3.8, 4) is 0 Å². The minimum Gasteiger partial charge on any atom is -0.213 e. The molecule has 0 fully saturated rings. The van der Waals surface area contributed by atoms with E-state index in [1.165, 1.54) is 0 Å². The van der Waals surface area contributed by atoms with E-state index in [2.05, 4.69) is 9.36 Å². The maximum Gasteiger partial charge on any atom is 0.389 e. The van der Waals surface area contributed by atoms with E-state index >= 15 is 0 Å². The third kappa shape index (κ3) is 3.65. The van der Waals surface area contributed by atoms with Crippen molar-refractivity contribution in [1.82, 2.24) is 9.36 Å². The maximum absolute atomic E-state index is 11.7. The first-order chi connectivity index (χ1) is 5.47. The van der Waals surface area contributed by atoms with Crippen molar-refractivity contribution in [3.05, 3.63) is 8.84 Å². The van der Waals surface area contributed by atoms with Gasteiger partial charge in [-0.15, -0.1) is 0 Å². The Balaban J connectivity index is 2.44. The van der Waals surface area contributed by atoms with Crippen molar-refractivity contribution >= 4 is 34.1 Å². The van der Waals surface area contributed by atoms with E-state index in [0.717, 1.165) is 11.5 Å². The van der Waals surface area contributed by atoms with Crippen molar-refractivity contribution in [2.45, 2.75) is 19.0 Å². The van der Waals surface area contributed by atoms with Crippen LogP contribution in [0.25, 0.3) is 0 Å². The highest BCUT2D eigenvalue weighted by atomic mass is 127. The standard InChI is InChI=1S/C5H4F3IN2S/c6-5(7,8)2-1-3-10-4(9)12-11-3/h1-2H2. The fraction of sp³-hybridized carbons (Fsp3) is 0.600. The van der Waals surface area contributed by atoms with Gasteiger partial charge in [-0.1, -0.05) is 0 Å². The first-order valence-electron chi connectivity index (χ1n) is 3.02. The summed E-state index contributed by atoms with van der Waals surface area (Å²) in [6, 6.07) is 0. The molecule has 1 aromatic heterocycles. The Hall–Kier alpha value is 0.0800. The second-order valence-electron chi connectivity index (χ2n) is 2.08. The maximum atomic E-state index is 11.7. The molecule has 0 aromatic carbocycles. The predicted molar refractivity (Wildman–Crippen MR) is 47.0 cm³/mol. The summed E-state index contributed by atoms with van der Waals surface area (Å²) in [4.78, 5) is 3.81. The number of hydrogen-bond donors (Lipinski definition) is 0. The Morgan fingerprint density at radius 2 is 2.08 bits per heavy atom. The molecule has 0 atom stereocenters. The minimum atomic E-state index is -4.11. The number of rotatable bonds is 2. The smallest absolute Gasteiger partial charge is 0.213 e. The number of nitrogens with zero attached hydrogens (tertiary/aromatic N) is 2. The summed E-state index contributed by atoms with van der Waals surface area (Å²) in [6.45, 7) is 0. The molecule has 0 N–H and O–H groups in total. The Morgan fingerprint density at radius 1 is 1.42 bits per heavy atom. The zero-order valence-electron chi connectivity index (χ0n) is 5.73. The number of alkyl halides is 3. The summed E-state index contributed by atoms with van der Waals surface area (Å²) < 4.78 is 39.5. The summed E-state index contributed by atoms with van der Waals surface area (Å²) in [5.74, 6) is 0.279. The van der Waals surface area contributed by atoms with Crippen molar-refractivity contribution in [1.29, 1.82) is 0 Å². The Morgan fingerprint density at radius 3 is 2.50 bits per heavy atom. The van der Waals surface area contributed by atoms with Gasteiger partial charge in [0.1, 0.15) is 5.82 Å². The van der Waals surface area contributed by atoms with Crippen LogP contribution in [-0.4, -0.2) is 15.5 Å². The molecule has 0 aliphatic rings. The normalized spacial score (nSPS) is 12.0. The minimum absolute atomic E-state index is 0.122. The van der Waals surface area contributed by atoms with Gasteiger partial charge in [0.15, 0.2) is 3.01 Å². The molecule has 0 radical (unpaired) electrons. The van der Waals surface area contributed by atoms with Gasteiger partial charge in [-0.2, -0.15) is 17.5 Å². The van der Waals surface area contributed by atoms with Gasteiger partial charge in [-0.3, -0.25) is 0 Å². The highest BCUT2D eigenvalue weighted by Crippen LogP contribution is 2.21. The molecule has 0 amide bonds. The highest BCUT2D eigenvalue weighted by Gasteiger charge is 2.27. The lowest BCUT2D eigenvalue weighted by molar-refractivity contribution is -0.134. The van der Waals surface area contributed by atoms with E-state index in [0.29, 0.717) is 3.01 Å². The molecule has 0 saturated heterocycles. The van der Waals surface area contributed by atoms with Crippen LogP contribution < -0.4 is 0 Å². The lowest BCUT2D eigenvalue weighted by Crippen LogP contribution is -2.09. The van der Waals surface area contributed by atoms with E-state index in [9.17, 15) is 13.2 Å². The number of aryl methyl sites for hydroxylation is 1. The molecular formula is C5H4F3IN2S. The van der Waals surface area contributed by atoms with Gasteiger partial charge in [0.05, 0.1) is 6.42 Å². The van der Waals surface area contributed by atoms with Gasteiger partial charge in [0.2, 0.25) is 0 Å². The van der Waals surface area contributed by atoms with Crippen molar-refractivity contribution < 1.29 is 13.2 Å². The lowest BCUT2D eigenvalue weighted by Gasteiger charge is -2.02. The van der Waals surface area contributed by atoms with Gasteiger partial charge >= 0.3 is 6.18 Å². The van der Waals surface area contributed by atoms with Crippen LogP contribution in [0.15, 0.2) is 0 Å². The van der Waals surface area contributed by atoms with E-state index in [-0.39, 0.29) is 12.2 Å². The van der Waals surface area contributed by atoms with Gasteiger partial charge in [-0.25, -0.2) is 4.98 Å². The topological polar surface area (TPSA) is 25.8 Å². The lowest BCUT2D eigenvalue weighted by atomic mass is 10.3. The molecule has 0 spiro atoms. The molecule has 0 bridgehead atoms. The third-order valence-corrected chi connectivity index (χ3v) is 2.45. The van der Waals surface area contributed by atoms with Crippen LogP contribution in [0.3, 0.4) is 0 Å². The second-order valence-corrected chi connectivity index (χ2v) is 4.58. The molecule has 12 heavy (non-hydrogen) atoms. The van der Waals surface area contributed by atoms with Crippen LogP contribution in [0.4, 0.5) is 13.2 Å². The zero-order valence-corrected chi connectivity index (χ0v) is 8.70. The van der Waals surface area contributed by atoms with Crippen LogP contribution in [0.5, 0.6) is 0 Å². The summed E-state index contributed by atoms with van der Waals surface area (Å²) >= 11 is 3.04. The largest absolute Gasteiger partial charge is 0.389 e. The van der Waals surface area contributed by atoms with E-state index < -0.39 is 12.6 Å². The van der Waals surface area contributed by atoms with Gasteiger partial charge in [-0.05, 0) is 34.1 Å². The zero-order chi connectivity index (χ0) is 9.19. The Labute approximate surface area is 84.5 Å². The van der Waals surface area contributed by atoms with Crippen molar-refractivity contribution in [2.75, 3.05) is 0 Å². The third-order valence-electron chi connectivity index (χ3n) is 1.08. The quantitative estimate of drug-likeness (QED) is 0.785. The SMILES string of the molecule is FC(F)(F)CCc1nsc(I)n1. The average Bonchev–Trinajstić information content (AvgIpc) is 2.30. The highest BCUT2D eigenvalue weighted by molar-refractivity contribution is 14.1. The van der Waals surface area contributed by atoms with E-state index in [4.69, 9.17) is 0 Å². The van der Waals surface area contributed by atoms with Crippen LogP contribution in [0.2, 0.25) is 0 Å². The molecule has 0 aliphatic carbocycles. The molecule has 0 unspecified atom stereocenters. The van der Waals surface area contributed by atoms with Crippen LogP contribution in [0, 0.1) is 3.01 Å². The summed E-state index contributed by atoms with van der Waals surface area (Å²) in [7, 11) is 0. The summed E-state index contributed by atoms with van der Waals surface area (Å²) in [6.07, 6.45) is -5.08. The first-order valence-corrected chi connectivity index (χ1v) is 4.87. The molecule has 0 saturated carbocycles. The first kappa shape index (κ1) is 10.2. The summed E-state index contributed by atoms with van der Waals surface area (Å²) in [5, 5.41) is 0. The number of hydrogen-bond acceptors (Lipinski definition) is 3. The van der Waals surface area contributed by atoms with E-state index in [1.54, 1.807) is 0 Å². The Kier molecular flexibility index (Phi) is 3.27. The molecule has 1 aromatic rings. The molecule has 0 aliphatic heterocycles. The molecule has 7 heteroatoms. The average molecular weight is 308 g/mol. The molecule has 68 valence electrons. The molecule has 1 heterocycles. The number of aromatic nitrogens is 2. The fourth-order valence-corrected chi connectivity index (χ4v) is 1.62. The van der Waals surface area contributed by atoms with Gasteiger partial charge in [0, 0.05) is 6.42 Å². The molecule has 1 rings (SSSR count). The van der Waals surface area contributed by atoms with Crippen LogP contribution >= 0.6 is 34.1 Å². The van der Waals surface area contributed by atoms with E-state index in [1.807, 2.05) is 22.6 Å². The fourth-order valence-electron chi connectivity index (χ4n) is 0.588. The van der Waals surface area contributed by atoms with Crippen molar-refractivity contribution in [2.24, 2.45) is 0 Å². The Bertz CT molecular complexity index is 259. The van der Waals surface area contributed by atoms with Crippen molar-refractivity contribution in [3.63, 3.8) is 0 Å². The van der Waals surface area contributed by atoms with Crippen LogP contribution in [0.1, 0.15) is 12.2 Å². The monoisotopic (exact) mass is 308 g/mol.